The average Bonchev–Trinajstić information content (AvgIpc) is 3.07. The molecule has 3 aliphatic heterocycles. The van der Waals surface area contributed by atoms with Crippen LogP contribution in [0.4, 0.5) is 0 Å². The molecule has 19 heteroatoms. The van der Waals surface area contributed by atoms with E-state index in [0.29, 0.717) is 25.8 Å². The molecule has 3 rings (SSSR count). The van der Waals surface area contributed by atoms with Crippen LogP contribution in [0.1, 0.15) is 45.4 Å². The molecule has 0 aromatic rings. The number of carbonyl (C=O) groups excluding carboxylic acids is 2. The van der Waals surface area contributed by atoms with E-state index in [1.807, 2.05) is 6.92 Å². The van der Waals surface area contributed by atoms with Gasteiger partial charge in [-0.2, -0.15) is 0 Å². The Morgan fingerprint density at radius 1 is 0.583 bits per heavy atom. The van der Waals surface area contributed by atoms with E-state index in [0.717, 1.165) is 0 Å². The summed E-state index contributed by atoms with van der Waals surface area (Å²) < 4.78 is 33.8. The van der Waals surface area contributed by atoms with Gasteiger partial charge in [-0.1, -0.05) is 0 Å². The molecule has 0 aliphatic carbocycles. The topological polar surface area (TPSA) is 304 Å². The lowest BCUT2D eigenvalue weighted by Crippen LogP contribution is -2.67. The third kappa shape index (κ3) is 10.5. The van der Waals surface area contributed by atoms with Gasteiger partial charge in [0.1, 0.15) is 79.0 Å². The lowest BCUT2D eigenvalue weighted by molar-refractivity contribution is -0.387. The number of aliphatic hydroxyl groups is 10. The minimum atomic E-state index is -1.91. The number of rotatable bonds is 18. The quantitative estimate of drug-likeness (QED) is 0.0594. The van der Waals surface area contributed by atoms with Crippen molar-refractivity contribution in [1.82, 2.24) is 5.32 Å². The summed E-state index contributed by atoms with van der Waals surface area (Å²) in [5, 5.41) is 105. The van der Waals surface area contributed by atoms with E-state index in [1.165, 1.54) is 0 Å². The zero-order valence-corrected chi connectivity index (χ0v) is 26.7. The van der Waals surface area contributed by atoms with Crippen molar-refractivity contribution in [1.29, 1.82) is 0 Å². The van der Waals surface area contributed by atoms with Gasteiger partial charge in [-0.25, -0.2) is 0 Å². The van der Waals surface area contributed by atoms with E-state index < -0.39 is 112 Å². The molecule has 3 saturated heterocycles. The Balaban J connectivity index is 1.70. The normalized spacial score (nSPS) is 40.4. The van der Waals surface area contributed by atoms with Gasteiger partial charge in [-0.15, -0.1) is 0 Å². The Bertz CT molecular complexity index is 974. The largest absolute Gasteiger partial charge is 0.394 e. The molecule has 3 aliphatic rings. The molecule has 3 fully saturated rings. The number of hydrogen-bond acceptors (Lipinski definition) is 18. The van der Waals surface area contributed by atoms with Crippen molar-refractivity contribution in [2.75, 3.05) is 33.0 Å². The number of amides is 1. The van der Waals surface area contributed by atoms with Gasteiger partial charge in [0.25, 0.3) is 0 Å². The highest BCUT2D eigenvalue weighted by Gasteiger charge is 2.54. The molecule has 0 bridgehead atoms. The van der Waals surface area contributed by atoms with Gasteiger partial charge >= 0.3 is 0 Å². The standard InChI is InChI=1S/C29H51NO18/c1-2-30-17(35)8-4-3-6-13(34)7-5-9-43-27-24(42)26(48-29-23(41)21(39)19(37)15(11-32)45-29)25(16(12-33)46-27)47-28-22(40)20(38)18(36)14(10-31)44-28/h14-16,18-29,31-33,36-42H,2-12H2,1H3,(H,30,35)/t14-,15-,16-,18-,19-,20+,21+,22+,23+,24+,25-,26-,27+,28-,29-/m1/s1. The lowest BCUT2D eigenvalue weighted by Gasteiger charge is -2.49. The first-order chi connectivity index (χ1) is 22.9. The molecule has 280 valence electrons. The van der Waals surface area contributed by atoms with Crippen LogP contribution in [0, 0.1) is 0 Å². The molecule has 0 spiro atoms. The second-order valence-corrected chi connectivity index (χ2v) is 12.0. The summed E-state index contributed by atoms with van der Waals surface area (Å²) >= 11 is 0. The van der Waals surface area contributed by atoms with Gasteiger partial charge in [0.2, 0.25) is 5.91 Å². The van der Waals surface area contributed by atoms with Crippen molar-refractivity contribution in [3.8, 4) is 0 Å². The zero-order valence-electron chi connectivity index (χ0n) is 26.7. The maximum atomic E-state index is 12.3. The second-order valence-electron chi connectivity index (χ2n) is 12.0. The minimum Gasteiger partial charge on any atom is -0.394 e. The second kappa shape index (κ2) is 19.8. The summed E-state index contributed by atoms with van der Waals surface area (Å²) in [5.74, 6) is -0.148. The van der Waals surface area contributed by atoms with E-state index >= 15 is 0 Å². The van der Waals surface area contributed by atoms with Crippen molar-refractivity contribution >= 4 is 11.7 Å². The fraction of sp³-hybridized carbons (Fsp3) is 0.931. The molecular weight excluding hydrogens is 650 g/mol. The molecule has 0 unspecified atom stereocenters. The molecule has 0 saturated carbocycles. The number of nitrogens with one attached hydrogen (secondary N) is 1. The van der Waals surface area contributed by atoms with Gasteiger partial charge in [0, 0.05) is 25.8 Å². The van der Waals surface area contributed by atoms with E-state index in [1.54, 1.807) is 0 Å². The molecular formula is C29H51NO18. The third-order valence-corrected chi connectivity index (χ3v) is 8.44. The number of ether oxygens (including phenoxy) is 6. The Labute approximate surface area is 276 Å². The van der Waals surface area contributed by atoms with Gasteiger partial charge in [0.05, 0.1) is 26.4 Å². The SMILES string of the molecule is CCNC(=O)CCCCC(=O)CCCO[C@H]1O[C@H](CO)[C@@H](O[C@H]2O[C@H](CO)[C@@H](O)[C@H](O)[C@@H]2O)[C@H](O[C@H]2O[C@H](CO)[C@@H](O)[C@H](O)[C@@H]2O)[C@@H]1O. The molecule has 0 aromatic heterocycles. The van der Waals surface area contributed by atoms with Crippen LogP contribution in [0.3, 0.4) is 0 Å². The predicted octanol–water partition coefficient (Wildman–Crippen LogP) is -5.50. The van der Waals surface area contributed by atoms with Crippen LogP contribution in [0.2, 0.25) is 0 Å². The van der Waals surface area contributed by atoms with Crippen molar-refractivity contribution in [3.05, 3.63) is 0 Å². The maximum absolute atomic E-state index is 12.3. The highest BCUT2D eigenvalue weighted by Crippen LogP contribution is 2.33. The van der Waals surface area contributed by atoms with Gasteiger partial charge < -0.3 is 84.8 Å². The summed E-state index contributed by atoms with van der Waals surface area (Å²) in [6, 6.07) is 0. The van der Waals surface area contributed by atoms with Crippen LogP contribution in [0.25, 0.3) is 0 Å². The Hall–Kier alpha value is -1.50. The van der Waals surface area contributed by atoms with Crippen LogP contribution in [-0.2, 0) is 38.0 Å². The average molecular weight is 702 g/mol. The number of ketones is 1. The number of unbranched alkanes of at least 4 members (excludes halogenated alkanes) is 1. The Kier molecular flexibility index (Phi) is 16.9. The van der Waals surface area contributed by atoms with Crippen molar-refractivity contribution in [2.24, 2.45) is 0 Å². The van der Waals surface area contributed by atoms with Gasteiger partial charge in [-0.05, 0) is 26.2 Å². The minimum absolute atomic E-state index is 0.0651. The highest BCUT2D eigenvalue weighted by molar-refractivity contribution is 5.78. The van der Waals surface area contributed by atoms with Crippen molar-refractivity contribution < 1.29 is 89.1 Å². The fourth-order valence-electron chi connectivity index (χ4n) is 5.66. The first-order valence-electron chi connectivity index (χ1n) is 16.1. The summed E-state index contributed by atoms with van der Waals surface area (Å²) in [6.07, 6.45) is -23.3. The molecule has 1 amide bonds. The Morgan fingerprint density at radius 2 is 1.06 bits per heavy atom. The molecule has 0 aromatic carbocycles. The zero-order chi connectivity index (χ0) is 35.5. The van der Waals surface area contributed by atoms with E-state index in [9.17, 15) is 60.7 Å². The smallest absolute Gasteiger partial charge is 0.219 e. The summed E-state index contributed by atoms with van der Waals surface area (Å²) in [6.45, 7) is -0.133. The van der Waals surface area contributed by atoms with Crippen LogP contribution in [-0.4, -0.2) is 188 Å². The van der Waals surface area contributed by atoms with E-state index in [4.69, 9.17) is 28.4 Å². The molecule has 0 radical (unpaired) electrons. The molecule has 48 heavy (non-hydrogen) atoms. The molecule has 15 atom stereocenters. The molecule has 11 N–H and O–H groups in total. The highest BCUT2D eigenvalue weighted by atomic mass is 16.8. The van der Waals surface area contributed by atoms with Gasteiger partial charge in [0.15, 0.2) is 18.9 Å². The van der Waals surface area contributed by atoms with E-state index in [2.05, 4.69) is 5.32 Å². The Morgan fingerprint density at radius 3 is 1.58 bits per heavy atom. The summed E-state index contributed by atoms with van der Waals surface area (Å²) in [4.78, 5) is 23.8. The van der Waals surface area contributed by atoms with Crippen LogP contribution >= 0.6 is 0 Å². The number of aliphatic hydroxyl groups excluding tert-OH is 10. The van der Waals surface area contributed by atoms with Gasteiger partial charge in [-0.3, -0.25) is 9.59 Å². The van der Waals surface area contributed by atoms with E-state index in [-0.39, 0.29) is 37.6 Å². The fourth-order valence-corrected chi connectivity index (χ4v) is 5.66. The monoisotopic (exact) mass is 701 g/mol. The summed E-state index contributed by atoms with van der Waals surface area (Å²) in [5.41, 5.74) is 0. The molecule has 3 heterocycles. The maximum Gasteiger partial charge on any atom is 0.219 e. The summed E-state index contributed by atoms with van der Waals surface area (Å²) in [7, 11) is 0. The number of carbonyl (C=O) groups is 2. The number of hydrogen-bond donors (Lipinski definition) is 11. The van der Waals surface area contributed by atoms with Crippen LogP contribution in [0.15, 0.2) is 0 Å². The first kappa shape index (κ1) is 40.9. The van der Waals surface area contributed by atoms with Crippen LogP contribution in [0.5, 0.6) is 0 Å². The predicted molar refractivity (Wildman–Crippen MR) is 156 cm³/mol. The van der Waals surface area contributed by atoms with Crippen LogP contribution < -0.4 is 5.32 Å². The number of Topliss-reactive ketones (excluding diaryl/α,β-unsaturated/α-hetero) is 1. The lowest BCUT2D eigenvalue weighted by atomic mass is 9.96. The third-order valence-electron chi connectivity index (χ3n) is 8.44. The molecule has 19 nitrogen and oxygen atoms in total. The van der Waals surface area contributed by atoms with Crippen molar-refractivity contribution in [3.63, 3.8) is 0 Å². The van der Waals surface area contributed by atoms with Crippen molar-refractivity contribution in [2.45, 2.75) is 138 Å². The first-order valence-corrected chi connectivity index (χ1v) is 16.1.